The van der Waals surface area contributed by atoms with E-state index in [4.69, 9.17) is 11.2 Å². The van der Waals surface area contributed by atoms with E-state index in [1.54, 1.807) is 25.1 Å². The first-order chi connectivity index (χ1) is 12.4. The van der Waals surface area contributed by atoms with Crippen molar-refractivity contribution < 1.29 is 17.9 Å². The number of esters is 1. The zero-order valence-electron chi connectivity index (χ0n) is 15.6. The molecule has 6 heteroatoms. The first kappa shape index (κ1) is 21.9. The van der Waals surface area contributed by atoms with Gasteiger partial charge in [0, 0.05) is 13.0 Å². The second kappa shape index (κ2) is 10.8. The number of rotatable bonds is 10. The monoisotopic (exact) mass is 377 g/mol. The number of carbonyl (C=O) groups is 1. The van der Waals surface area contributed by atoms with E-state index in [0.717, 1.165) is 22.7 Å². The number of allylic oxidation sites excluding steroid dienone is 1. The van der Waals surface area contributed by atoms with Crippen LogP contribution in [0.2, 0.25) is 0 Å². The molecular weight excluding hydrogens is 350 g/mol. The lowest BCUT2D eigenvalue weighted by atomic mass is 10.2. The molecule has 0 aliphatic rings. The molecule has 26 heavy (non-hydrogen) atoms. The Balaban J connectivity index is 3.30. The Labute approximate surface area is 157 Å². The molecule has 0 aromatic heterocycles. The van der Waals surface area contributed by atoms with Crippen molar-refractivity contribution in [2.24, 2.45) is 0 Å². The fraction of sp³-hybridized carbons (Fsp3) is 0.450. The van der Waals surface area contributed by atoms with Crippen LogP contribution < -0.4 is 0 Å². The normalized spacial score (nSPS) is 12.9. The summed E-state index contributed by atoms with van der Waals surface area (Å²) in [6.07, 6.45) is 10.8. The van der Waals surface area contributed by atoms with Crippen molar-refractivity contribution in [2.75, 3.05) is 13.2 Å². The summed E-state index contributed by atoms with van der Waals surface area (Å²) in [5, 5.41) is 0. The molecule has 0 bridgehead atoms. The minimum Gasteiger partial charge on any atom is -0.465 e. The minimum absolute atomic E-state index is 0.0501. The molecule has 0 radical (unpaired) electrons. The number of hydrogen-bond acceptors (Lipinski definition) is 4. The fourth-order valence-corrected chi connectivity index (χ4v) is 3.88. The number of benzene rings is 1. The summed E-state index contributed by atoms with van der Waals surface area (Å²) in [6, 6.07) is 5.45. The van der Waals surface area contributed by atoms with Crippen LogP contribution in [0.4, 0.5) is 0 Å². The Morgan fingerprint density at radius 3 is 2.46 bits per heavy atom. The van der Waals surface area contributed by atoms with Gasteiger partial charge < -0.3 is 4.74 Å². The van der Waals surface area contributed by atoms with Gasteiger partial charge in [0.1, 0.15) is 6.04 Å². The maximum atomic E-state index is 13.1. The van der Waals surface area contributed by atoms with Gasteiger partial charge in [-0.2, -0.15) is 4.31 Å². The molecule has 0 N–H and O–H groups in total. The SMILES string of the molecule is C#CCC(C(=O)OCC)N(C/C=C/CCC)S(=O)(=O)c1ccc(C)cc1. The molecule has 1 rings (SSSR count). The van der Waals surface area contributed by atoms with Crippen LogP contribution in [0, 0.1) is 19.3 Å². The van der Waals surface area contributed by atoms with Crippen LogP contribution in [0.3, 0.4) is 0 Å². The van der Waals surface area contributed by atoms with E-state index in [1.165, 1.54) is 12.1 Å². The maximum absolute atomic E-state index is 13.1. The van der Waals surface area contributed by atoms with Crippen LogP contribution in [0.1, 0.15) is 38.7 Å². The predicted octanol–water partition coefficient (Wildman–Crippen LogP) is 3.30. The topological polar surface area (TPSA) is 63.7 Å². The Hall–Kier alpha value is -2.10. The first-order valence-electron chi connectivity index (χ1n) is 8.72. The molecular formula is C20H27NO4S. The van der Waals surface area contributed by atoms with Crippen LogP contribution in [0.15, 0.2) is 41.3 Å². The van der Waals surface area contributed by atoms with Gasteiger partial charge in [-0.1, -0.05) is 43.2 Å². The van der Waals surface area contributed by atoms with E-state index in [1.807, 2.05) is 19.9 Å². The number of terminal acetylenes is 1. The predicted molar refractivity (Wildman–Crippen MR) is 103 cm³/mol. The van der Waals surface area contributed by atoms with Crippen molar-refractivity contribution in [3.63, 3.8) is 0 Å². The number of aryl methyl sites for hydroxylation is 1. The van der Waals surface area contributed by atoms with E-state index in [-0.39, 0.29) is 24.5 Å². The van der Waals surface area contributed by atoms with Crippen molar-refractivity contribution in [3.05, 3.63) is 42.0 Å². The molecule has 1 unspecified atom stereocenters. The molecule has 1 aromatic rings. The third-order valence-electron chi connectivity index (χ3n) is 3.75. The molecule has 1 atom stereocenters. The molecule has 0 heterocycles. The zero-order chi connectivity index (χ0) is 19.6. The minimum atomic E-state index is -3.90. The lowest BCUT2D eigenvalue weighted by Crippen LogP contribution is -2.45. The molecule has 0 spiro atoms. The van der Waals surface area contributed by atoms with Gasteiger partial charge in [-0.25, -0.2) is 8.42 Å². The molecule has 142 valence electrons. The van der Waals surface area contributed by atoms with Gasteiger partial charge in [0.25, 0.3) is 0 Å². The Morgan fingerprint density at radius 2 is 1.92 bits per heavy atom. The molecule has 0 fully saturated rings. The van der Waals surface area contributed by atoms with Gasteiger partial charge in [-0.15, -0.1) is 12.3 Å². The standard InChI is InChI=1S/C20H27NO4S/c1-5-8-9-10-16-21(19(11-6-2)20(22)25-7-3)26(23,24)18-14-12-17(4)13-15-18/h2,9-10,12-15,19H,5,7-8,11,16H2,1,3-4H3/b10-9+. The van der Waals surface area contributed by atoms with E-state index in [0.29, 0.717) is 0 Å². The number of hydrogen-bond donors (Lipinski definition) is 0. The highest BCUT2D eigenvalue weighted by Gasteiger charge is 2.35. The van der Waals surface area contributed by atoms with Gasteiger partial charge in [-0.05, 0) is 32.4 Å². The highest BCUT2D eigenvalue weighted by Crippen LogP contribution is 2.21. The Bertz CT molecular complexity index is 745. The molecule has 5 nitrogen and oxygen atoms in total. The van der Waals surface area contributed by atoms with Crippen molar-refractivity contribution >= 4 is 16.0 Å². The van der Waals surface area contributed by atoms with Crippen LogP contribution in [-0.4, -0.2) is 37.9 Å². The smallest absolute Gasteiger partial charge is 0.325 e. The molecule has 0 amide bonds. The van der Waals surface area contributed by atoms with E-state index in [9.17, 15) is 13.2 Å². The molecule has 0 aliphatic heterocycles. The third-order valence-corrected chi connectivity index (χ3v) is 5.64. The first-order valence-corrected chi connectivity index (χ1v) is 10.2. The van der Waals surface area contributed by atoms with Crippen LogP contribution >= 0.6 is 0 Å². The number of ether oxygens (including phenoxy) is 1. The quantitative estimate of drug-likeness (QED) is 0.357. The van der Waals surface area contributed by atoms with Crippen LogP contribution in [0.5, 0.6) is 0 Å². The highest BCUT2D eigenvalue weighted by molar-refractivity contribution is 7.89. The Kier molecular flexibility index (Phi) is 9.11. The van der Waals surface area contributed by atoms with Gasteiger partial charge in [-0.3, -0.25) is 4.79 Å². The summed E-state index contributed by atoms with van der Waals surface area (Å²) in [5.41, 5.74) is 0.948. The van der Waals surface area contributed by atoms with Gasteiger partial charge >= 0.3 is 5.97 Å². The zero-order valence-corrected chi connectivity index (χ0v) is 16.5. The largest absolute Gasteiger partial charge is 0.465 e. The van der Waals surface area contributed by atoms with Crippen LogP contribution in [-0.2, 0) is 19.6 Å². The van der Waals surface area contributed by atoms with Gasteiger partial charge in [0.15, 0.2) is 0 Å². The number of unbranched alkanes of at least 4 members (excludes halogenated alkanes) is 1. The average Bonchev–Trinajstić information content (AvgIpc) is 2.61. The second-order valence-corrected chi connectivity index (χ2v) is 7.71. The molecule has 0 aliphatic carbocycles. The van der Waals surface area contributed by atoms with Crippen molar-refractivity contribution in [1.82, 2.24) is 4.31 Å². The van der Waals surface area contributed by atoms with Crippen molar-refractivity contribution in [3.8, 4) is 12.3 Å². The molecule has 0 saturated carbocycles. The van der Waals surface area contributed by atoms with Gasteiger partial charge in [0.05, 0.1) is 11.5 Å². The van der Waals surface area contributed by atoms with Gasteiger partial charge in [0.2, 0.25) is 10.0 Å². The molecule has 0 saturated heterocycles. The Morgan fingerprint density at radius 1 is 1.27 bits per heavy atom. The summed E-state index contributed by atoms with van der Waals surface area (Å²) in [5.74, 6) is 1.76. The fourth-order valence-electron chi connectivity index (χ4n) is 2.35. The average molecular weight is 378 g/mol. The molecule has 1 aromatic carbocycles. The summed E-state index contributed by atoms with van der Waals surface area (Å²) >= 11 is 0. The van der Waals surface area contributed by atoms with Crippen molar-refractivity contribution in [1.29, 1.82) is 0 Å². The summed E-state index contributed by atoms with van der Waals surface area (Å²) in [4.78, 5) is 12.5. The summed E-state index contributed by atoms with van der Waals surface area (Å²) in [7, 11) is -3.90. The lowest BCUT2D eigenvalue weighted by Gasteiger charge is -2.27. The maximum Gasteiger partial charge on any atom is 0.325 e. The third kappa shape index (κ3) is 6.01. The van der Waals surface area contributed by atoms with Crippen LogP contribution in [0.25, 0.3) is 0 Å². The van der Waals surface area contributed by atoms with E-state index < -0.39 is 22.0 Å². The second-order valence-electron chi connectivity index (χ2n) is 5.82. The number of carbonyl (C=O) groups excluding carboxylic acids is 1. The summed E-state index contributed by atoms with van der Waals surface area (Å²) < 4.78 is 32.5. The van der Waals surface area contributed by atoms with E-state index in [2.05, 4.69) is 5.92 Å². The highest BCUT2D eigenvalue weighted by atomic mass is 32.2. The summed E-state index contributed by atoms with van der Waals surface area (Å²) in [6.45, 7) is 5.79. The van der Waals surface area contributed by atoms with Crippen molar-refractivity contribution in [2.45, 2.75) is 51.0 Å². The lowest BCUT2D eigenvalue weighted by molar-refractivity contribution is -0.147. The number of nitrogens with zero attached hydrogens (tertiary/aromatic N) is 1. The number of sulfonamides is 1. The van der Waals surface area contributed by atoms with E-state index >= 15 is 0 Å².